The fraction of sp³-hybridized carbons (Fsp3) is 0.571. The molecule has 1 aliphatic rings. The molecule has 2 rings (SSSR count). The largest absolute Gasteiger partial charge is 0.496 e. The van der Waals surface area contributed by atoms with Crippen LogP contribution >= 0.6 is 11.8 Å². The molecule has 0 amide bonds. The topological polar surface area (TPSA) is 35.2 Å². The number of hydrogen-bond acceptors (Lipinski definition) is 3. The van der Waals surface area contributed by atoms with Gasteiger partial charge in [0.1, 0.15) is 5.75 Å². The quantitative estimate of drug-likeness (QED) is 0.876. The molecule has 2 unspecified atom stereocenters. The number of hydrogen-bond donors (Lipinski definition) is 1. The van der Waals surface area contributed by atoms with Crippen LogP contribution in [-0.4, -0.2) is 12.4 Å². The summed E-state index contributed by atoms with van der Waals surface area (Å²) in [6.07, 6.45) is 0. The first-order chi connectivity index (χ1) is 8.06. The Labute approximate surface area is 108 Å². The Morgan fingerprint density at radius 1 is 1.41 bits per heavy atom. The van der Waals surface area contributed by atoms with Gasteiger partial charge < -0.3 is 10.5 Å². The maximum absolute atomic E-state index is 6.44. The van der Waals surface area contributed by atoms with E-state index in [1.807, 2.05) is 11.8 Å². The van der Waals surface area contributed by atoms with E-state index in [0.717, 1.165) is 11.5 Å². The van der Waals surface area contributed by atoms with Gasteiger partial charge in [-0.15, -0.1) is 0 Å². The predicted octanol–water partition coefficient (Wildman–Crippen LogP) is 3.27. The van der Waals surface area contributed by atoms with Crippen LogP contribution in [0, 0.1) is 12.8 Å². The van der Waals surface area contributed by atoms with Crippen molar-refractivity contribution in [3.8, 4) is 5.75 Å². The molecule has 0 aliphatic carbocycles. The van der Waals surface area contributed by atoms with Crippen LogP contribution < -0.4 is 10.5 Å². The third-order valence-corrected chi connectivity index (χ3v) is 5.19. The highest BCUT2D eigenvalue weighted by molar-refractivity contribution is 7.99. The maximum atomic E-state index is 6.44. The Hall–Kier alpha value is -0.670. The van der Waals surface area contributed by atoms with Crippen LogP contribution in [0.2, 0.25) is 0 Å². The molecule has 1 aliphatic heterocycles. The summed E-state index contributed by atoms with van der Waals surface area (Å²) >= 11 is 1.96. The van der Waals surface area contributed by atoms with E-state index in [1.54, 1.807) is 7.11 Å². The number of methoxy groups -OCH3 is 1. The van der Waals surface area contributed by atoms with E-state index in [0.29, 0.717) is 11.2 Å². The molecule has 3 heteroatoms. The van der Waals surface area contributed by atoms with Crippen molar-refractivity contribution in [2.75, 3.05) is 7.11 Å². The van der Waals surface area contributed by atoms with E-state index in [2.05, 4.69) is 32.9 Å². The minimum atomic E-state index is 0.124. The number of aryl methyl sites for hydroxylation is 1. The molecule has 0 spiro atoms. The SMILES string of the molecule is COc1ccc(C)c2c1CSC(C(C)C)C2N. The molecule has 2 atom stereocenters. The van der Waals surface area contributed by atoms with Gasteiger partial charge in [-0.25, -0.2) is 0 Å². The lowest BCUT2D eigenvalue weighted by Gasteiger charge is -2.35. The monoisotopic (exact) mass is 251 g/mol. The lowest BCUT2D eigenvalue weighted by atomic mass is 9.89. The predicted molar refractivity (Wildman–Crippen MR) is 74.6 cm³/mol. The molecule has 0 fully saturated rings. The Morgan fingerprint density at radius 2 is 2.12 bits per heavy atom. The molecule has 0 saturated carbocycles. The van der Waals surface area contributed by atoms with Crippen LogP contribution in [-0.2, 0) is 5.75 Å². The summed E-state index contributed by atoms with van der Waals surface area (Å²) < 4.78 is 5.44. The van der Waals surface area contributed by atoms with Crippen molar-refractivity contribution in [2.24, 2.45) is 11.7 Å². The number of benzene rings is 1. The zero-order valence-electron chi connectivity index (χ0n) is 11.0. The summed E-state index contributed by atoms with van der Waals surface area (Å²) in [5, 5.41) is 0.508. The van der Waals surface area contributed by atoms with Crippen molar-refractivity contribution in [3.63, 3.8) is 0 Å². The Bertz CT molecular complexity index is 417. The third-order valence-electron chi connectivity index (χ3n) is 3.52. The summed E-state index contributed by atoms with van der Waals surface area (Å²) in [7, 11) is 1.73. The molecule has 0 radical (unpaired) electrons. The second-order valence-electron chi connectivity index (χ2n) is 5.02. The molecule has 1 heterocycles. The third kappa shape index (κ3) is 2.18. The number of nitrogens with two attached hydrogens (primary N) is 1. The van der Waals surface area contributed by atoms with E-state index in [4.69, 9.17) is 10.5 Å². The first kappa shape index (κ1) is 12.8. The van der Waals surface area contributed by atoms with E-state index in [-0.39, 0.29) is 6.04 Å². The highest BCUT2D eigenvalue weighted by Gasteiger charge is 2.32. The van der Waals surface area contributed by atoms with Crippen molar-refractivity contribution in [1.29, 1.82) is 0 Å². The fourth-order valence-corrected chi connectivity index (χ4v) is 4.01. The average Bonchev–Trinajstić information content (AvgIpc) is 2.29. The molecular weight excluding hydrogens is 230 g/mol. The van der Waals surface area contributed by atoms with Gasteiger partial charge in [0.05, 0.1) is 7.11 Å². The average molecular weight is 251 g/mol. The zero-order valence-corrected chi connectivity index (χ0v) is 11.8. The number of thioether (sulfide) groups is 1. The highest BCUT2D eigenvalue weighted by Crippen LogP contribution is 2.44. The Kier molecular flexibility index (Phi) is 3.69. The van der Waals surface area contributed by atoms with Gasteiger partial charge in [0.25, 0.3) is 0 Å². The molecular formula is C14H21NOS. The van der Waals surface area contributed by atoms with Crippen LogP contribution in [0.5, 0.6) is 5.75 Å². The van der Waals surface area contributed by atoms with Gasteiger partial charge in [-0.05, 0) is 30.0 Å². The van der Waals surface area contributed by atoms with E-state index < -0.39 is 0 Å². The summed E-state index contributed by atoms with van der Waals surface area (Å²) in [6.45, 7) is 6.64. The van der Waals surface area contributed by atoms with Crippen LogP contribution in [0.1, 0.15) is 36.6 Å². The summed E-state index contributed by atoms with van der Waals surface area (Å²) in [5.74, 6) is 2.60. The molecule has 2 nitrogen and oxygen atoms in total. The molecule has 17 heavy (non-hydrogen) atoms. The van der Waals surface area contributed by atoms with Gasteiger partial charge in [-0.2, -0.15) is 11.8 Å². The number of fused-ring (bicyclic) bond motifs is 1. The van der Waals surface area contributed by atoms with Crippen molar-refractivity contribution in [2.45, 2.75) is 37.8 Å². The second kappa shape index (κ2) is 4.91. The van der Waals surface area contributed by atoms with Gasteiger partial charge in [0.2, 0.25) is 0 Å². The molecule has 1 aromatic rings. The van der Waals surface area contributed by atoms with Crippen LogP contribution in [0.3, 0.4) is 0 Å². The van der Waals surface area contributed by atoms with Crippen LogP contribution in [0.4, 0.5) is 0 Å². The van der Waals surface area contributed by atoms with E-state index >= 15 is 0 Å². The number of ether oxygens (including phenoxy) is 1. The summed E-state index contributed by atoms with van der Waals surface area (Å²) in [4.78, 5) is 0. The first-order valence-electron chi connectivity index (χ1n) is 6.09. The van der Waals surface area contributed by atoms with Crippen LogP contribution in [0.25, 0.3) is 0 Å². The zero-order chi connectivity index (χ0) is 12.6. The van der Waals surface area contributed by atoms with Crippen molar-refractivity contribution in [1.82, 2.24) is 0 Å². The number of rotatable bonds is 2. The minimum Gasteiger partial charge on any atom is -0.496 e. The van der Waals surface area contributed by atoms with E-state index in [1.165, 1.54) is 16.7 Å². The van der Waals surface area contributed by atoms with E-state index in [9.17, 15) is 0 Å². The van der Waals surface area contributed by atoms with Gasteiger partial charge in [0.15, 0.2) is 0 Å². The molecule has 0 bridgehead atoms. The lowest BCUT2D eigenvalue weighted by Crippen LogP contribution is -2.32. The fourth-order valence-electron chi connectivity index (χ4n) is 2.62. The molecule has 0 saturated heterocycles. The van der Waals surface area contributed by atoms with Crippen molar-refractivity contribution >= 4 is 11.8 Å². The van der Waals surface area contributed by atoms with Crippen molar-refractivity contribution in [3.05, 3.63) is 28.8 Å². The Morgan fingerprint density at radius 3 is 2.71 bits per heavy atom. The maximum Gasteiger partial charge on any atom is 0.123 e. The summed E-state index contributed by atoms with van der Waals surface area (Å²) in [5.41, 5.74) is 10.3. The first-order valence-corrected chi connectivity index (χ1v) is 7.14. The van der Waals surface area contributed by atoms with Crippen molar-refractivity contribution < 1.29 is 4.74 Å². The second-order valence-corrected chi connectivity index (χ2v) is 6.19. The molecule has 1 aromatic carbocycles. The van der Waals surface area contributed by atoms with Gasteiger partial charge in [0, 0.05) is 22.6 Å². The van der Waals surface area contributed by atoms with Gasteiger partial charge >= 0.3 is 0 Å². The smallest absolute Gasteiger partial charge is 0.123 e. The molecule has 2 N–H and O–H groups in total. The molecule has 94 valence electrons. The van der Waals surface area contributed by atoms with Gasteiger partial charge in [-0.3, -0.25) is 0 Å². The minimum absolute atomic E-state index is 0.124. The highest BCUT2D eigenvalue weighted by atomic mass is 32.2. The lowest BCUT2D eigenvalue weighted by molar-refractivity contribution is 0.408. The normalized spacial score (nSPS) is 23.6. The standard InChI is InChI=1S/C14H21NOS/c1-8(2)14-13(15)12-9(3)5-6-11(16-4)10(12)7-17-14/h5-6,8,13-14H,7,15H2,1-4H3. The van der Waals surface area contributed by atoms with Gasteiger partial charge in [-0.1, -0.05) is 19.9 Å². The Balaban J connectivity index is 2.48. The van der Waals surface area contributed by atoms with Crippen LogP contribution in [0.15, 0.2) is 12.1 Å². The summed E-state index contributed by atoms with van der Waals surface area (Å²) in [6, 6.07) is 4.29. The molecule has 0 aromatic heterocycles.